The molecule has 0 unspecified atom stereocenters. The largest absolute Gasteiger partial charge is 0.481 e. The first kappa shape index (κ1) is 20.5. The van der Waals surface area contributed by atoms with Crippen LogP contribution in [0.2, 0.25) is 0 Å². The van der Waals surface area contributed by atoms with E-state index in [-0.39, 0.29) is 34.4 Å². The number of rotatable bonds is 8. The SMILES string of the molecule is CC(=O)c1ccccc1NC(=O)CSc1nnc([C@@H](C)Oc2ccc(F)cc2)o1. The number of Topliss-reactive ketones (excluding diaryl/α,β-unsaturated/α-hetero) is 1. The van der Waals surface area contributed by atoms with Gasteiger partial charge < -0.3 is 14.5 Å². The molecule has 7 nitrogen and oxygen atoms in total. The van der Waals surface area contributed by atoms with Crippen LogP contribution in [0.25, 0.3) is 0 Å². The van der Waals surface area contributed by atoms with E-state index in [1.54, 1.807) is 31.2 Å². The second-order valence-corrected chi connectivity index (χ2v) is 6.99. The molecule has 2 aromatic carbocycles. The number of aromatic nitrogens is 2. The molecular weight excluding hydrogens is 397 g/mol. The lowest BCUT2D eigenvalue weighted by atomic mass is 10.1. The Morgan fingerprint density at radius 1 is 1.17 bits per heavy atom. The van der Waals surface area contributed by atoms with E-state index in [4.69, 9.17) is 9.15 Å². The van der Waals surface area contributed by atoms with Crippen molar-refractivity contribution in [2.75, 3.05) is 11.1 Å². The molecule has 29 heavy (non-hydrogen) atoms. The van der Waals surface area contributed by atoms with Crippen molar-refractivity contribution >= 4 is 29.1 Å². The second kappa shape index (κ2) is 9.33. The molecule has 0 spiro atoms. The molecule has 0 saturated heterocycles. The highest BCUT2D eigenvalue weighted by molar-refractivity contribution is 7.99. The predicted octanol–water partition coefficient (Wildman–Crippen LogP) is 4.28. The van der Waals surface area contributed by atoms with Crippen LogP contribution < -0.4 is 10.1 Å². The minimum absolute atomic E-state index is 0.0288. The van der Waals surface area contributed by atoms with Crippen LogP contribution >= 0.6 is 11.8 Å². The van der Waals surface area contributed by atoms with Crippen molar-refractivity contribution in [3.8, 4) is 5.75 Å². The molecule has 1 aromatic heterocycles. The third kappa shape index (κ3) is 5.64. The number of anilines is 1. The minimum Gasteiger partial charge on any atom is -0.481 e. The molecular formula is C20H18FN3O4S. The Bertz CT molecular complexity index is 1010. The fraction of sp³-hybridized carbons (Fsp3) is 0.200. The van der Waals surface area contributed by atoms with Gasteiger partial charge in [0.15, 0.2) is 11.9 Å². The standard InChI is InChI=1S/C20H18FN3O4S/c1-12(25)16-5-3-4-6-17(16)22-18(26)11-29-20-24-23-19(28-20)13(2)27-15-9-7-14(21)8-10-15/h3-10,13H,11H2,1-2H3,(H,22,26)/t13-/m1/s1. The lowest BCUT2D eigenvalue weighted by Crippen LogP contribution is -2.16. The van der Waals surface area contributed by atoms with Gasteiger partial charge in [0, 0.05) is 5.56 Å². The summed E-state index contributed by atoms with van der Waals surface area (Å²) < 4.78 is 24.1. The van der Waals surface area contributed by atoms with E-state index in [9.17, 15) is 14.0 Å². The summed E-state index contributed by atoms with van der Waals surface area (Å²) in [5.74, 6) is -0.0647. The van der Waals surface area contributed by atoms with Crippen LogP contribution in [0.5, 0.6) is 5.75 Å². The number of ether oxygens (including phenoxy) is 1. The number of hydrogen-bond acceptors (Lipinski definition) is 7. The van der Waals surface area contributed by atoms with E-state index in [1.807, 2.05) is 0 Å². The molecule has 0 radical (unpaired) electrons. The van der Waals surface area contributed by atoms with Gasteiger partial charge in [-0.25, -0.2) is 4.39 Å². The zero-order valence-electron chi connectivity index (χ0n) is 15.7. The number of nitrogens with zero attached hydrogens (tertiary/aromatic N) is 2. The zero-order chi connectivity index (χ0) is 20.8. The van der Waals surface area contributed by atoms with Crippen molar-refractivity contribution < 1.29 is 23.1 Å². The number of carbonyl (C=O) groups is 2. The van der Waals surface area contributed by atoms with Crippen molar-refractivity contribution in [3.63, 3.8) is 0 Å². The first-order valence-corrected chi connectivity index (χ1v) is 9.69. The van der Waals surface area contributed by atoms with E-state index in [0.29, 0.717) is 17.0 Å². The predicted molar refractivity (Wildman–Crippen MR) is 106 cm³/mol. The van der Waals surface area contributed by atoms with Crippen molar-refractivity contribution in [1.29, 1.82) is 0 Å². The Morgan fingerprint density at radius 2 is 1.90 bits per heavy atom. The molecule has 0 aliphatic rings. The summed E-state index contributed by atoms with van der Waals surface area (Å²) in [6, 6.07) is 12.4. The molecule has 1 N–H and O–H groups in total. The molecule has 3 rings (SSSR count). The summed E-state index contributed by atoms with van der Waals surface area (Å²) in [6.07, 6.45) is -0.543. The second-order valence-electron chi connectivity index (χ2n) is 6.06. The number of hydrogen-bond donors (Lipinski definition) is 1. The molecule has 3 aromatic rings. The van der Waals surface area contributed by atoms with Crippen LogP contribution in [0.1, 0.15) is 36.2 Å². The molecule has 0 saturated carbocycles. The van der Waals surface area contributed by atoms with Gasteiger partial charge in [-0.3, -0.25) is 9.59 Å². The number of carbonyl (C=O) groups excluding carboxylic acids is 2. The highest BCUT2D eigenvalue weighted by Gasteiger charge is 2.17. The van der Waals surface area contributed by atoms with Crippen molar-refractivity contribution in [2.45, 2.75) is 25.2 Å². The number of halogens is 1. The lowest BCUT2D eigenvalue weighted by Gasteiger charge is -2.10. The van der Waals surface area contributed by atoms with Gasteiger partial charge in [0.05, 0.1) is 11.4 Å². The topological polar surface area (TPSA) is 94.3 Å². The van der Waals surface area contributed by atoms with E-state index >= 15 is 0 Å². The Balaban J connectivity index is 1.54. The van der Waals surface area contributed by atoms with Gasteiger partial charge in [0.2, 0.25) is 5.91 Å². The maximum Gasteiger partial charge on any atom is 0.277 e. The highest BCUT2D eigenvalue weighted by atomic mass is 32.2. The summed E-state index contributed by atoms with van der Waals surface area (Å²) in [7, 11) is 0. The Labute approximate surface area is 170 Å². The van der Waals surface area contributed by atoms with Crippen LogP contribution in [0.4, 0.5) is 10.1 Å². The first-order valence-electron chi connectivity index (χ1n) is 8.70. The lowest BCUT2D eigenvalue weighted by molar-refractivity contribution is -0.113. The number of para-hydroxylation sites is 1. The van der Waals surface area contributed by atoms with Crippen LogP contribution in [0.15, 0.2) is 58.2 Å². The maximum absolute atomic E-state index is 13.0. The average Bonchev–Trinajstić information content (AvgIpc) is 3.18. The summed E-state index contributed by atoms with van der Waals surface area (Å²) in [4.78, 5) is 23.8. The van der Waals surface area contributed by atoms with Crippen LogP contribution in [0.3, 0.4) is 0 Å². The molecule has 0 aliphatic heterocycles. The van der Waals surface area contributed by atoms with E-state index in [1.165, 1.54) is 31.2 Å². The molecule has 1 atom stereocenters. The van der Waals surface area contributed by atoms with Gasteiger partial charge in [0.1, 0.15) is 11.6 Å². The molecule has 0 bridgehead atoms. The van der Waals surface area contributed by atoms with Gasteiger partial charge in [0.25, 0.3) is 11.1 Å². The molecule has 150 valence electrons. The minimum atomic E-state index is -0.543. The fourth-order valence-electron chi connectivity index (χ4n) is 2.42. The molecule has 9 heteroatoms. The third-order valence-electron chi connectivity index (χ3n) is 3.80. The third-order valence-corrected chi connectivity index (χ3v) is 4.62. The highest BCUT2D eigenvalue weighted by Crippen LogP contribution is 2.24. The Kier molecular flexibility index (Phi) is 6.61. The van der Waals surface area contributed by atoms with Gasteiger partial charge >= 0.3 is 0 Å². The molecule has 0 aliphatic carbocycles. The smallest absolute Gasteiger partial charge is 0.277 e. The molecule has 1 heterocycles. The number of ketones is 1. The fourth-order valence-corrected chi connectivity index (χ4v) is 2.99. The van der Waals surface area contributed by atoms with Crippen molar-refractivity contribution in [3.05, 3.63) is 65.8 Å². The van der Waals surface area contributed by atoms with Crippen LogP contribution in [0, 0.1) is 5.82 Å². The Morgan fingerprint density at radius 3 is 2.62 bits per heavy atom. The summed E-state index contributed by atoms with van der Waals surface area (Å²) in [6.45, 7) is 3.16. The van der Waals surface area contributed by atoms with Gasteiger partial charge in [-0.15, -0.1) is 10.2 Å². The number of amides is 1. The number of benzene rings is 2. The van der Waals surface area contributed by atoms with Gasteiger partial charge in [-0.2, -0.15) is 0 Å². The first-order chi connectivity index (χ1) is 13.9. The summed E-state index contributed by atoms with van der Waals surface area (Å²) >= 11 is 1.07. The van der Waals surface area contributed by atoms with Crippen molar-refractivity contribution in [1.82, 2.24) is 10.2 Å². The summed E-state index contributed by atoms with van der Waals surface area (Å²) in [5, 5.41) is 10.7. The van der Waals surface area contributed by atoms with Gasteiger partial charge in [-0.05, 0) is 50.2 Å². The molecule has 0 fully saturated rings. The van der Waals surface area contributed by atoms with Crippen molar-refractivity contribution in [2.24, 2.45) is 0 Å². The van der Waals surface area contributed by atoms with E-state index in [0.717, 1.165) is 11.8 Å². The normalized spacial score (nSPS) is 11.7. The quantitative estimate of drug-likeness (QED) is 0.433. The summed E-state index contributed by atoms with van der Waals surface area (Å²) in [5.41, 5.74) is 0.899. The maximum atomic E-state index is 13.0. The zero-order valence-corrected chi connectivity index (χ0v) is 16.5. The van der Waals surface area contributed by atoms with E-state index in [2.05, 4.69) is 15.5 Å². The van der Waals surface area contributed by atoms with Crippen LogP contribution in [-0.4, -0.2) is 27.6 Å². The monoisotopic (exact) mass is 415 g/mol. The number of nitrogens with one attached hydrogen (secondary N) is 1. The number of thioether (sulfide) groups is 1. The average molecular weight is 415 g/mol. The Hall–Kier alpha value is -3.20. The van der Waals surface area contributed by atoms with Crippen LogP contribution in [-0.2, 0) is 4.79 Å². The van der Waals surface area contributed by atoms with E-state index < -0.39 is 6.10 Å². The van der Waals surface area contributed by atoms with Gasteiger partial charge in [-0.1, -0.05) is 23.9 Å². The molecule has 1 amide bonds.